The molecule has 0 saturated carbocycles. The van der Waals surface area contributed by atoms with Crippen LogP contribution in [0.25, 0.3) is 0 Å². The first-order valence-corrected chi connectivity index (χ1v) is 8.19. The molecule has 1 aliphatic rings. The summed E-state index contributed by atoms with van der Waals surface area (Å²) < 4.78 is 5.82. The van der Waals surface area contributed by atoms with Gasteiger partial charge in [0, 0.05) is 26.2 Å². The first-order valence-electron chi connectivity index (χ1n) is 8.19. The lowest BCUT2D eigenvalue weighted by Gasteiger charge is -2.34. The summed E-state index contributed by atoms with van der Waals surface area (Å²) in [5, 5.41) is 13.1. The van der Waals surface area contributed by atoms with Gasteiger partial charge in [-0.25, -0.2) is 0 Å². The fourth-order valence-corrected chi connectivity index (χ4v) is 2.95. The Labute approximate surface area is 137 Å². The topological polar surface area (TPSA) is 44.7 Å². The number of rotatable bonds is 6. The quantitative estimate of drug-likeness (QED) is 0.858. The first kappa shape index (κ1) is 16.0. The molecule has 0 unspecified atom stereocenters. The molecule has 0 aliphatic carbocycles. The summed E-state index contributed by atoms with van der Waals surface area (Å²) in [6.45, 7) is 4.62. The number of hydrogen-bond donors (Lipinski definition) is 2. The van der Waals surface area contributed by atoms with Gasteiger partial charge in [0.05, 0.1) is 12.6 Å². The van der Waals surface area contributed by atoms with Crippen LogP contribution in [-0.4, -0.2) is 42.8 Å². The maximum absolute atomic E-state index is 9.76. The van der Waals surface area contributed by atoms with E-state index in [1.54, 1.807) is 0 Å². The molecule has 1 atom stereocenters. The molecule has 122 valence electrons. The molecule has 1 aliphatic heterocycles. The summed E-state index contributed by atoms with van der Waals surface area (Å²) in [4.78, 5) is 2.33. The van der Waals surface area contributed by atoms with Crippen molar-refractivity contribution in [2.45, 2.75) is 12.6 Å². The van der Waals surface area contributed by atoms with Crippen LogP contribution in [0.1, 0.15) is 17.2 Å². The molecule has 1 heterocycles. The van der Waals surface area contributed by atoms with Crippen molar-refractivity contribution in [2.24, 2.45) is 0 Å². The number of benzene rings is 2. The van der Waals surface area contributed by atoms with Crippen LogP contribution < -0.4 is 10.1 Å². The molecule has 1 fully saturated rings. The van der Waals surface area contributed by atoms with E-state index in [0.717, 1.165) is 43.1 Å². The molecule has 1 saturated heterocycles. The summed E-state index contributed by atoms with van der Waals surface area (Å²) in [5.74, 6) is 0.856. The molecule has 2 N–H and O–H groups in total. The van der Waals surface area contributed by atoms with E-state index in [1.165, 1.54) is 0 Å². The Morgan fingerprint density at radius 1 is 1.00 bits per heavy atom. The summed E-state index contributed by atoms with van der Waals surface area (Å²) in [7, 11) is 0. The monoisotopic (exact) mass is 312 g/mol. The number of hydrogen-bond acceptors (Lipinski definition) is 4. The highest BCUT2D eigenvalue weighted by molar-refractivity contribution is 5.30. The third-order valence-corrected chi connectivity index (χ3v) is 4.28. The lowest BCUT2D eigenvalue weighted by molar-refractivity contribution is 0.111. The number of aliphatic hydroxyl groups excluding tert-OH is 1. The summed E-state index contributed by atoms with van der Waals surface area (Å²) in [6, 6.07) is 18.3. The Morgan fingerprint density at radius 3 is 2.35 bits per heavy atom. The molecule has 3 rings (SSSR count). The lowest BCUT2D eigenvalue weighted by atomic mass is 10.1. The zero-order valence-electron chi connectivity index (χ0n) is 13.3. The van der Waals surface area contributed by atoms with Gasteiger partial charge in [0.15, 0.2) is 0 Å². The van der Waals surface area contributed by atoms with Crippen LogP contribution in [0.2, 0.25) is 0 Å². The van der Waals surface area contributed by atoms with E-state index in [9.17, 15) is 5.11 Å². The van der Waals surface area contributed by atoms with Crippen molar-refractivity contribution in [2.75, 3.05) is 32.8 Å². The van der Waals surface area contributed by atoms with Crippen LogP contribution in [-0.2, 0) is 6.61 Å². The van der Waals surface area contributed by atoms with Crippen LogP contribution in [0.4, 0.5) is 0 Å². The van der Waals surface area contributed by atoms with Gasteiger partial charge in [0.25, 0.3) is 0 Å². The minimum atomic E-state index is 0.0697. The fourth-order valence-electron chi connectivity index (χ4n) is 2.95. The zero-order valence-corrected chi connectivity index (χ0v) is 13.3. The Morgan fingerprint density at radius 2 is 1.70 bits per heavy atom. The second-order valence-electron chi connectivity index (χ2n) is 5.83. The number of ether oxygens (including phenoxy) is 1. The van der Waals surface area contributed by atoms with E-state index in [1.807, 2.05) is 30.3 Å². The normalized spacial score (nSPS) is 16.9. The van der Waals surface area contributed by atoms with Crippen molar-refractivity contribution in [1.29, 1.82) is 0 Å². The predicted octanol–water partition coefficient (Wildman–Crippen LogP) is 2.20. The Balaban J connectivity index is 1.61. The van der Waals surface area contributed by atoms with Crippen LogP contribution in [0.3, 0.4) is 0 Å². The minimum Gasteiger partial charge on any atom is -0.489 e. The number of piperazine rings is 1. The molecule has 4 nitrogen and oxygen atoms in total. The minimum absolute atomic E-state index is 0.0697. The van der Waals surface area contributed by atoms with Gasteiger partial charge in [0.1, 0.15) is 12.4 Å². The van der Waals surface area contributed by atoms with Crippen molar-refractivity contribution < 1.29 is 9.84 Å². The second-order valence-corrected chi connectivity index (χ2v) is 5.83. The van der Waals surface area contributed by atoms with E-state index in [0.29, 0.717) is 6.61 Å². The molecule has 2 aromatic rings. The lowest BCUT2D eigenvalue weighted by Crippen LogP contribution is -2.46. The zero-order chi connectivity index (χ0) is 15.9. The summed E-state index contributed by atoms with van der Waals surface area (Å²) in [6.07, 6.45) is 0. The van der Waals surface area contributed by atoms with E-state index >= 15 is 0 Å². The van der Waals surface area contributed by atoms with Crippen LogP contribution >= 0.6 is 0 Å². The van der Waals surface area contributed by atoms with Gasteiger partial charge in [-0.1, -0.05) is 42.5 Å². The molecule has 2 aromatic carbocycles. The third kappa shape index (κ3) is 4.32. The van der Waals surface area contributed by atoms with Crippen LogP contribution in [0.15, 0.2) is 54.6 Å². The number of aliphatic hydroxyl groups is 1. The van der Waals surface area contributed by atoms with Gasteiger partial charge in [-0.3, -0.25) is 4.90 Å². The van der Waals surface area contributed by atoms with Gasteiger partial charge in [-0.2, -0.15) is 0 Å². The van der Waals surface area contributed by atoms with Crippen LogP contribution in [0.5, 0.6) is 5.75 Å². The van der Waals surface area contributed by atoms with E-state index in [2.05, 4.69) is 34.5 Å². The summed E-state index contributed by atoms with van der Waals surface area (Å²) >= 11 is 0. The molecular formula is C19H24N2O2. The highest BCUT2D eigenvalue weighted by Crippen LogP contribution is 2.23. The Bertz CT molecular complexity index is 580. The second kappa shape index (κ2) is 8.11. The van der Waals surface area contributed by atoms with Gasteiger partial charge < -0.3 is 15.2 Å². The first-order chi connectivity index (χ1) is 11.4. The van der Waals surface area contributed by atoms with Crippen LogP contribution in [0, 0.1) is 0 Å². The maximum atomic E-state index is 9.76. The Kier molecular flexibility index (Phi) is 5.64. The van der Waals surface area contributed by atoms with Gasteiger partial charge in [0.2, 0.25) is 0 Å². The molecular weight excluding hydrogens is 288 g/mol. The smallest absolute Gasteiger partial charge is 0.119 e. The van der Waals surface area contributed by atoms with Crippen molar-refractivity contribution in [3.63, 3.8) is 0 Å². The van der Waals surface area contributed by atoms with Crippen molar-refractivity contribution in [3.8, 4) is 5.75 Å². The number of nitrogens with one attached hydrogen (secondary N) is 1. The van der Waals surface area contributed by atoms with Gasteiger partial charge >= 0.3 is 0 Å². The van der Waals surface area contributed by atoms with Gasteiger partial charge in [-0.05, 0) is 23.3 Å². The van der Waals surface area contributed by atoms with Crippen molar-refractivity contribution in [1.82, 2.24) is 10.2 Å². The van der Waals surface area contributed by atoms with E-state index in [-0.39, 0.29) is 12.6 Å². The Hall–Kier alpha value is -1.88. The molecule has 0 amide bonds. The molecule has 4 heteroatoms. The SMILES string of the molecule is OC[C@@H](c1ccc(OCc2ccccc2)cc1)N1CCNCC1. The maximum Gasteiger partial charge on any atom is 0.119 e. The van der Waals surface area contributed by atoms with E-state index in [4.69, 9.17) is 4.74 Å². The fraction of sp³-hybridized carbons (Fsp3) is 0.368. The van der Waals surface area contributed by atoms with Crippen molar-refractivity contribution in [3.05, 3.63) is 65.7 Å². The molecule has 0 aromatic heterocycles. The average Bonchev–Trinajstić information content (AvgIpc) is 2.63. The molecule has 23 heavy (non-hydrogen) atoms. The van der Waals surface area contributed by atoms with Gasteiger partial charge in [-0.15, -0.1) is 0 Å². The highest BCUT2D eigenvalue weighted by Gasteiger charge is 2.21. The third-order valence-electron chi connectivity index (χ3n) is 4.28. The average molecular weight is 312 g/mol. The molecule has 0 radical (unpaired) electrons. The molecule has 0 bridgehead atoms. The predicted molar refractivity (Wildman–Crippen MR) is 91.5 cm³/mol. The highest BCUT2D eigenvalue weighted by atomic mass is 16.5. The molecule has 0 spiro atoms. The largest absolute Gasteiger partial charge is 0.489 e. The number of nitrogens with zero attached hydrogens (tertiary/aromatic N) is 1. The van der Waals surface area contributed by atoms with E-state index < -0.39 is 0 Å². The summed E-state index contributed by atoms with van der Waals surface area (Å²) in [5.41, 5.74) is 2.30. The standard InChI is InChI=1S/C19H24N2O2/c22-14-19(21-12-10-20-11-13-21)17-6-8-18(9-7-17)23-15-16-4-2-1-3-5-16/h1-9,19-20,22H,10-15H2/t19-/m0/s1. The van der Waals surface area contributed by atoms with Crippen molar-refractivity contribution >= 4 is 0 Å².